The van der Waals surface area contributed by atoms with Crippen molar-refractivity contribution >= 4 is 17.2 Å². The van der Waals surface area contributed by atoms with Crippen molar-refractivity contribution < 1.29 is 14.1 Å². The lowest BCUT2D eigenvalue weighted by atomic mass is 10.1. The Morgan fingerprint density at radius 2 is 1.95 bits per heavy atom. The van der Waals surface area contributed by atoms with Gasteiger partial charge in [-0.05, 0) is 6.07 Å². The molecule has 2 aromatic rings. The molecule has 6 heteroatoms. The topological polar surface area (TPSA) is 97.1 Å². The zero-order chi connectivity index (χ0) is 14.5. The summed E-state index contributed by atoms with van der Waals surface area (Å²) in [5.74, 6) is -0.863. The predicted octanol–water partition coefficient (Wildman–Crippen LogP) is 2.98. The van der Waals surface area contributed by atoms with Crippen LogP contribution in [0.25, 0.3) is 5.57 Å². The molecule has 0 N–H and O–H groups in total. The van der Waals surface area contributed by atoms with Gasteiger partial charge in [0.1, 0.15) is 11.0 Å². The van der Waals surface area contributed by atoms with Crippen LogP contribution in [0.1, 0.15) is 16.1 Å². The van der Waals surface area contributed by atoms with E-state index in [1.54, 1.807) is 36.4 Å². The Labute approximate surface area is 113 Å². The number of nitriles is 1. The number of carbonyl (C=O) groups is 1. The average molecular weight is 268 g/mol. The fourth-order valence-corrected chi connectivity index (χ4v) is 1.55. The fourth-order valence-electron chi connectivity index (χ4n) is 1.55. The summed E-state index contributed by atoms with van der Waals surface area (Å²) >= 11 is 0. The standard InChI is InChI=1S/C14H8N2O4/c15-9-11(13-6-7-14(20-13)16(18)19)8-12(17)10-4-2-1-3-5-10/h1-8H. The van der Waals surface area contributed by atoms with Crippen LogP contribution in [0.15, 0.2) is 53.0 Å². The molecule has 1 heterocycles. The van der Waals surface area contributed by atoms with Gasteiger partial charge >= 0.3 is 5.88 Å². The lowest BCUT2D eigenvalue weighted by Gasteiger charge is -1.95. The van der Waals surface area contributed by atoms with Gasteiger partial charge in [-0.1, -0.05) is 30.3 Å². The Hall–Kier alpha value is -3.20. The minimum atomic E-state index is -0.711. The van der Waals surface area contributed by atoms with Gasteiger partial charge in [-0.25, -0.2) is 0 Å². The number of hydrogen-bond donors (Lipinski definition) is 0. The quantitative estimate of drug-likeness (QED) is 0.279. The van der Waals surface area contributed by atoms with E-state index in [2.05, 4.69) is 0 Å². The molecule has 6 nitrogen and oxygen atoms in total. The van der Waals surface area contributed by atoms with Crippen molar-refractivity contribution in [2.75, 3.05) is 0 Å². The van der Waals surface area contributed by atoms with Crippen LogP contribution in [-0.2, 0) is 0 Å². The van der Waals surface area contributed by atoms with Gasteiger partial charge in [0.2, 0.25) is 0 Å². The summed E-state index contributed by atoms with van der Waals surface area (Å²) in [5, 5.41) is 19.5. The highest BCUT2D eigenvalue weighted by Crippen LogP contribution is 2.22. The molecule has 1 aromatic carbocycles. The predicted molar refractivity (Wildman–Crippen MR) is 69.7 cm³/mol. The molecule has 0 saturated heterocycles. The van der Waals surface area contributed by atoms with E-state index in [1.807, 2.05) is 0 Å². The lowest BCUT2D eigenvalue weighted by molar-refractivity contribution is -0.402. The summed E-state index contributed by atoms with van der Waals surface area (Å²) in [5.41, 5.74) is 0.355. The molecule has 1 aromatic heterocycles. The summed E-state index contributed by atoms with van der Waals surface area (Å²) in [7, 11) is 0. The van der Waals surface area contributed by atoms with E-state index in [4.69, 9.17) is 9.68 Å². The average Bonchev–Trinajstić information content (AvgIpc) is 2.95. The zero-order valence-corrected chi connectivity index (χ0v) is 10.1. The van der Waals surface area contributed by atoms with Crippen LogP contribution in [-0.4, -0.2) is 10.7 Å². The molecule has 0 fully saturated rings. The normalized spacial score (nSPS) is 10.8. The van der Waals surface area contributed by atoms with E-state index in [0.29, 0.717) is 5.56 Å². The number of ketones is 1. The number of furan rings is 1. The van der Waals surface area contributed by atoms with Gasteiger partial charge in [-0.2, -0.15) is 5.26 Å². The van der Waals surface area contributed by atoms with Gasteiger partial charge in [-0.15, -0.1) is 0 Å². The van der Waals surface area contributed by atoms with Crippen molar-refractivity contribution in [2.45, 2.75) is 0 Å². The maximum absolute atomic E-state index is 11.9. The molecule has 20 heavy (non-hydrogen) atoms. The maximum Gasteiger partial charge on any atom is 0.433 e. The third-order valence-electron chi connectivity index (χ3n) is 2.49. The first-order valence-corrected chi connectivity index (χ1v) is 5.57. The third-order valence-corrected chi connectivity index (χ3v) is 2.49. The number of benzene rings is 1. The zero-order valence-electron chi connectivity index (χ0n) is 10.1. The second-order valence-electron chi connectivity index (χ2n) is 3.80. The van der Waals surface area contributed by atoms with Crippen molar-refractivity contribution in [3.8, 4) is 6.07 Å². The third kappa shape index (κ3) is 2.79. The number of allylic oxidation sites excluding steroid dienone is 2. The van der Waals surface area contributed by atoms with Crippen LogP contribution < -0.4 is 0 Å². The molecule has 0 aliphatic carbocycles. The van der Waals surface area contributed by atoms with Crippen LogP contribution >= 0.6 is 0 Å². The summed E-state index contributed by atoms with van der Waals surface area (Å²) in [6, 6.07) is 12.6. The molecule has 0 spiro atoms. The fraction of sp³-hybridized carbons (Fsp3) is 0. The first-order chi connectivity index (χ1) is 9.61. The van der Waals surface area contributed by atoms with E-state index >= 15 is 0 Å². The van der Waals surface area contributed by atoms with Crippen LogP contribution in [0, 0.1) is 21.4 Å². The van der Waals surface area contributed by atoms with E-state index in [0.717, 1.165) is 12.1 Å². The number of rotatable bonds is 4. The summed E-state index contributed by atoms with van der Waals surface area (Å²) in [4.78, 5) is 21.7. The molecule has 0 aliphatic heterocycles. The van der Waals surface area contributed by atoms with Crippen LogP contribution in [0.4, 0.5) is 5.88 Å². The van der Waals surface area contributed by atoms with Crippen molar-refractivity contribution in [2.24, 2.45) is 0 Å². The molecule has 2 rings (SSSR count). The Morgan fingerprint density at radius 3 is 2.50 bits per heavy atom. The maximum atomic E-state index is 11.9. The highest BCUT2D eigenvalue weighted by atomic mass is 16.6. The molecule has 0 saturated carbocycles. The van der Waals surface area contributed by atoms with Gasteiger partial charge in [-0.3, -0.25) is 14.9 Å². The monoisotopic (exact) mass is 268 g/mol. The van der Waals surface area contributed by atoms with E-state index < -0.39 is 10.8 Å². The minimum absolute atomic E-state index is 0.0107. The first kappa shape index (κ1) is 13.2. The number of nitro groups is 1. The van der Waals surface area contributed by atoms with Crippen molar-refractivity contribution in [3.05, 3.63) is 70.0 Å². The smallest absolute Gasteiger partial charge is 0.400 e. The Balaban J connectivity index is 2.32. The molecule has 0 radical (unpaired) electrons. The Morgan fingerprint density at radius 1 is 1.25 bits per heavy atom. The summed E-state index contributed by atoms with van der Waals surface area (Å²) < 4.78 is 4.89. The van der Waals surface area contributed by atoms with Crippen LogP contribution in [0.5, 0.6) is 0 Å². The highest BCUT2D eigenvalue weighted by molar-refractivity contribution is 6.09. The molecule has 0 atom stereocenters. The molecule has 0 amide bonds. The molecular weight excluding hydrogens is 260 g/mol. The van der Waals surface area contributed by atoms with Gasteiger partial charge in [0.15, 0.2) is 11.5 Å². The van der Waals surface area contributed by atoms with Gasteiger partial charge in [0, 0.05) is 11.6 Å². The van der Waals surface area contributed by atoms with Crippen molar-refractivity contribution in [1.29, 1.82) is 5.26 Å². The molecule has 0 unspecified atom stereocenters. The van der Waals surface area contributed by atoms with Gasteiger partial charge < -0.3 is 4.42 Å². The SMILES string of the molecule is N#CC(=CC(=O)c1ccccc1)c1ccc([N+](=O)[O-])o1. The lowest BCUT2D eigenvalue weighted by Crippen LogP contribution is -1.95. The van der Waals surface area contributed by atoms with Gasteiger partial charge in [0.25, 0.3) is 0 Å². The second kappa shape index (κ2) is 5.63. The van der Waals surface area contributed by atoms with Crippen molar-refractivity contribution in [1.82, 2.24) is 0 Å². The minimum Gasteiger partial charge on any atom is -0.400 e. The van der Waals surface area contributed by atoms with E-state index in [1.165, 1.54) is 6.07 Å². The largest absolute Gasteiger partial charge is 0.433 e. The Kier molecular flexibility index (Phi) is 3.72. The van der Waals surface area contributed by atoms with E-state index in [-0.39, 0.29) is 17.1 Å². The number of nitrogens with zero attached hydrogens (tertiary/aromatic N) is 2. The number of hydrogen-bond acceptors (Lipinski definition) is 5. The second-order valence-corrected chi connectivity index (χ2v) is 3.80. The van der Waals surface area contributed by atoms with E-state index in [9.17, 15) is 14.9 Å². The summed E-state index contributed by atoms with van der Waals surface area (Å²) in [6.07, 6.45) is 1.10. The molecule has 0 aliphatic rings. The molecular formula is C14H8N2O4. The summed E-state index contributed by atoms with van der Waals surface area (Å²) in [6.45, 7) is 0. The molecule has 0 bridgehead atoms. The molecule has 98 valence electrons. The van der Waals surface area contributed by atoms with Crippen molar-refractivity contribution in [3.63, 3.8) is 0 Å². The van der Waals surface area contributed by atoms with Gasteiger partial charge in [0.05, 0.1) is 11.6 Å². The van der Waals surface area contributed by atoms with Crippen LogP contribution in [0.3, 0.4) is 0 Å². The highest BCUT2D eigenvalue weighted by Gasteiger charge is 2.15. The van der Waals surface area contributed by atoms with Crippen LogP contribution in [0.2, 0.25) is 0 Å². The Bertz CT molecular complexity index is 723. The first-order valence-electron chi connectivity index (χ1n) is 5.57. The number of carbonyl (C=O) groups excluding carboxylic acids is 1.